The number of likely N-dealkylation sites (N-methyl/N-ethyl adjacent to an activating group) is 1. The van der Waals surface area contributed by atoms with Crippen LogP contribution in [-0.2, 0) is 9.53 Å². The molecule has 1 aliphatic heterocycles. The zero-order valence-corrected chi connectivity index (χ0v) is 14.4. The van der Waals surface area contributed by atoms with E-state index in [2.05, 4.69) is 0 Å². The van der Waals surface area contributed by atoms with Crippen molar-refractivity contribution in [3.8, 4) is 0 Å². The summed E-state index contributed by atoms with van der Waals surface area (Å²) in [6.07, 6.45) is -0.216. The number of furan rings is 1. The van der Waals surface area contributed by atoms with Gasteiger partial charge >= 0.3 is 5.97 Å². The number of aliphatic carboxylic acids is 1. The number of hydrogen-bond acceptors (Lipinski definition) is 5. The minimum atomic E-state index is -0.885. The lowest BCUT2D eigenvalue weighted by Crippen LogP contribution is -2.49. The maximum atomic E-state index is 12.9. The summed E-state index contributed by atoms with van der Waals surface area (Å²) in [5.74, 6) is -0.673. The Labute approximate surface area is 145 Å². The van der Waals surface area contributed by atoms with Gasteiger partial charge in [0.2, 0.25) is 0 Å². The number of carbonyl (C=O) groups excluding carboxylic acids is 1. The normalized spacial score (nSPS) is 18.0. The van der Waals surface area contributed by atoms with Crippen molar-refractivity contribution >= 4 is 22.8 Å². The first kappa shape index (κ1) is 17.4. The van der Waals surface area contributed by atoms with Crippen LogP contribution in [0.5, 0.6) is 0 Å². The molecule has 3 rings (SSSR count). The molecule has 1 aromatic carbocycles. The molecule has 1 aliphatic rings. The molecule has 0 saturated carbocycles. The van der Waals surface area contributed by atoms with Crippen molar-refractivity contribution in [3.63, 3.8) is 0 Å². The van der Waals surface area contributed by atoms with Crippen LogP contribution in [-0.4, -0.2) is 72.7 Å². The smallest absolute Gasteiger partial charge is 0.317 e. The fourth-order valence-corrected chi connectivity index (χ4v) is 3.18. The van der Waals surface area contributed by atoms with Gasteiger partial charge in [0.05, 0.1) is 19.3 Å². The Morgan fingerprint density at radius 2 is 2.12 bits per heavy atom. The van der Waals surface area contributed by atoms with E-state index in [1.807, 2.05) is 31.2 Å². The number of rotatable bonds is 5. The van der Waals surface area contributed by atoms with E-state index in [1.54, 1.807) is 16.8 Å². The molecular formula is C18H22N2O5. The molecule has 1 amide bonds. The molecule has 25 heavy (non-hydrogen) atoms. The second kappa shape index (κ2) is 7.25. The molecule has 134 valence electrons. The van der Waals surface area contributed by atoms with Crippen molar-refractivity contribution in [2.45, 2.75) is 13.0 Å². The number of carboxylic acid groups (broad SMARTS) is 1. The number of morpholine rings is 1. The average Bonchev–Trinajstić information content (AvgIpc) is 2.91. The number of para-hydroxylation sites is 1. The van der Waals surface area contributed by atoms with E-state index >= 15 is 0 Å². The van der Waals surface area contributed by atoms with Crippen LogP contribution in [0.4, 0.5) is 0 Å². The van der Waals surface area contributed by atoms with Crippen LogP contribution in [0.3, 0.4) is 0 Å². The predicted molar refractivity (Wildman–Crippen MR) is 91.7 cm³/mol. The minimum Gasteiger partial charge on any atom is -0.480 e. The quantitative estimate of drug-likeness (QED) is 0.885. The van der Waals surface area contributed by atoms with Crippen molar-refractivity contribution in [1.82, 2.24) is 9.80 Å². The van der Waals surface area contributed by atoms with E-state index in [4.69, 9.17) is 14.3 Å². The SMILES string of the molecule is Cc1c(C(=O)N2CCOC(CN(C)CC(=O)O)C2)oc2ccccc12. The summed E-state index contributed by atoms with van der Waals surface area (Å²) < 4.78 is 11.4. The van der Waals surface area contributed by atoms with Gasteiger partial charge in [0.1, 0.15) is 5.58 Å². The molecule has 1 atom stereocenters. The number of hydrogen-bond donors (Lipinski definition) is 1. The fraction of sp³-hybridized carbons (Fsp3) is 0.444. The maximum absolute atomic E-state index is 12.9. The van der Waals surface area contributed by atoms with Crippen molar-refractivity contribution in [1.29, 1.82) is 0 Å². The van der Waals surface area contributed by atoms with E-state index in [-0.39, 0.29) is 18.6 Å². The lowest BCUT2D eigenvalue weighted by Gasteiger charge is -2.34. The highest BCUT2D eigenvalue weighted by atomic mass is 16.5. The molecule has 7 heteroatoms. The Balaban J connectivity index is 1.71. The van der Waals surface area contributed by atoms with E-state index in [9.17, 15) is 9.59 Å². The zero-order chi connectivity index (χ0) is 18.0. The minimum absolute atomic E-state index is 0.0590. The second-order valence-electron chi connectivity index (χ2n) is 6.39. The Morgan fingerprint density at radius 3 is 2.84 bits per heavy atom. The van der Waals surface area contributed by atoms with Gasteiger partial charge in [-0.15, -0.1) is 0 Å². The Morgan fingerprint density at radius 1 is 1.36 bits per heavy atom. The largest absolute Gasteiger partial charge is 0.480 e. The van der Waals surface area contributed by atoms with Crippen LogP contribution >= 0.6 is 0 Å². The monoisotopic (exact) mass is 346 g/mol. The van der Waals surface area contributed by atoms with E-state index in [0.717, 1.165) is 10.9 Å². The van der Waals surface area contributed by atoms with Crippen LogP contribution < -0.4 is 0 Å². The molecule has 1 unspecified atom stereocenters. The van der Waals surface area contributed by atoms with Gasteiger partial charge in [0.25, 0.3) is 5.91 Å². The highest BCUT2D eigenvalue weighted by Crippen LogP contribution is 2.26. The Kier molecular flexibility index (Phi) is 5.06. The van der Waals surface area contributed by atoms with Gasteiger partial charge < -0.3 is 19.2 Å². The van der Waals surface area contributed by atoms with Crippen LogP contribution in [0.15, 0.2) is 28.7 Å². The molecule has 0 radical (unpaired) electrons. The number of amides is 1. The van der Waals surface area contributed by atoms with Crippen LogP contribution in [0, 0.1) is 6.92 Å². The molecule has 0 spiro atoms. The van der Waals surface area contributed by atoms with Gasteiger partial charge in [-0.2, -0.15) is 0 Å². The summed E-state index contributed by atoms with van der Waals surface area (Å²) in [6, 6.07) is 7.58. The fourth-order valence-electron chi connectivity index (χ4n) is 3.18. The average molecular weight is 346 g/mol. The molecule has 2 aromatic rings. The first-order chi connectivity index (χ1) is 12.0. The predicted octanol–water partition coefficient (Wildman–Crippen LogP) is 1.60. The third-order valence-corrected chi connectivity index (χ3v) is 4.38. The summed E-state index contributed by atoms with van der Waals surface area (Å²) in [4.78, 5) is 27.0. The molecule has 1 saturated heterocycles. The molecule has 1 fully saturated rings. The van der Waals surface area contributed by atoms with Gasteiger partial charge in [-0.1, -0.05) is 18.2 Å². The van der Waals surface area contributed by atoms with Crippen molar-refractivity contribution in [3.05, 3.63) is 35.6 Å². The molecule has 0 aliphatic carbocycles. The van der Waals surface area contributed by atoms with Crippen molar-refractivity contribution < 1.29 is 23.8 Å². The van der Waals surface area contributed by atoms with Gasteiger partial charge in [-0.3, -0.25) is 14.5 Å². The van der Waals surface area contributed by atoms with Gasteiger partial charge in [0, 0.05) is 30.6 Å². The van der Waals surface area contributed by atoms with Crippen LogP contribution in [0.1, 0.15) is 16.1 Å². The summed E-state index contributed by atoms with van der Waals surface area (Å²) >= 11 is 0. The topological polar surface area (TPSA) is 83.2 Å². The first-order valence-corrected chi connectivity index (χ1v) is 8.25. The number of ether oxygens (including phenoxy) is 1. The molecule has 1 aromatic heterocycles. The lowest BCUT2D eigenvalue weighted by molar-refractivity contribution is -0.138. The molecule has 7 nitrogen and oxygen atoms in total. The Bertz CT molecular complexity index is 785. The number of nitrogens with zero attached hydrogens (tertiary/aromatic N) is 2. The van der Waals surface area contributed by atoms with Crippen LogP contribution in [0.25, 0.3) is 11.0 Å². The summed E-state index contributed by atoms with van der Waals surface area (Å²) in [6.45, 7) is 3.62. The Hall–Kier alpha value is -2.38. The van der Waals surface area contributed by atoms with Gasteiger partial charge in [0.15, 0.2) is 5.76 Å². The third-order valence-electron chi connectivity index (χ3n) is 4.38. The second-order valence-corrected chi connectivity index (χ2v) is 6.39. The summed E-state index contributed by atoms with van der Waals surface area (Å²) in [5.41, 5.74) is 1.54. The number of fused-ring (bicyclic) bond motifs is 1. The maximum Gasteiger partial charge on any atom is 0.317 e. The third kappa shape index (κ3) is 3.83. The van der Waals surface area contributed by atoms with E-state index < -0.39 is 5.97 Å². The highest BCUT2D eigenvalue weighted by molar-refractivity contribution is 5.99. The molecule has 0 bridgehead atoms. The highest BCUT2D eigenvalue weighted by Gasteiger charge is 2.29. The van der Waals surface area contributed by atoms with Crippen molar-refractivity contribution in [2.24, 2.45) is 0 Å². The van der Waals surface area contributed by atoms with E-state index in [0.29, 0.717) is 37.6 Å². The molecule has 2 heterocycles. The molecule has 1 N–H and O–H groups in total. The zero-order valence-electron chi connectivity index (χ0n) is 14.4. The number of aryl methyl sites for hydroxylation is 1. The first-order valence-electron chi connectivity index (χ1n) is 8.25. The van der Waals surface area contributed by atoms with E-state index in [1.165, 1.54) is 0 Å². The summed E-state index contributed by atoms with van der Waals surface area (Å²) in [5, 5.41) is 9.78. The van der Waals surface area contributed by atoms with Gasteiger partial charge in [-0.05, 0) is 20.0 Å². The standard InChI is InChI=1S/C18H22N2O5/c1-12-14-5-3-4-6-15(14)25-17(12)18(23)20-7-8-24-13(10-20)9-19(2)11-16(21)22/h3-6,13H,7-11H2,1-2H3,(H,21,22). The summed E-state index contributed by atoms with van der Waals surface area (Å²) in [7, 11) is 1.72. The number of carboxylic acids is 1. The van der Waals surface area contributed by atoms with Crippen molar-refractivity contribution in [2.75, 3.05) is 39.8 Å². The number of carbonyl (C=O) groups is 2. The lowest BCUT2D eigenvalue weighted by atomic mass is 10.1. The van der Waals surface area contributed by atoms with Gasteiger partial charge in [-0.25, -0.2) is 0 Å². The van der Waals surface area contributed by atoms with Crippen LogP contribution in [0.2, 0.25) is 0 Å². The molecular weight excluding hydrogens is 324 g/mol. The number of benzene rings is 1.